The molecule has 0 saturated carbocycles. The van der Waals surface area contributed by atoms with E-state index in [1.807, 2.05) is 18.2 Å². The van der Waals surface area contributed by atoms with E-state index in [4.69, 9.17) is 4.42 Å². The van der Waals surface area contributed by atoms with Crippen molar-refractivity contribution < 1.29 is 22.4 Å². The summed E-state index contributed by atoms with van der Waals surface area (Å²) in [6.07, 6.45) is -2.23. The van der Waals surface area contributed by atoms with Gasteiger partial charge >= 0.3 is 6.18 Å². The largest absolute Gasteiger partial charge is 0.467 e. The van der Waals surface area contributed by atoms with Crippen LogP contribution in [0.2, 0.25) is 0 Å². The highest BCUT2D eigenvalue weighted by molar-refractivity contribution is 5.96. The molecule has 0 aliphatic carbocycles. The summed E-state index contributed by atoms with van der Waals surface area (Å²) in [5.74, 6) is -0.127. The summed E-state index contributed by atoms with van der Waals surface area (Å²) >= 11 is 0. The number of amides is 1. The van der Waals surface area contributed by atoms with Crippen LogP contribution in [0.5, 0.6) is 0 Å². The van der Waals surface area contributed by atoms with Crippen LogP contribution in [-0.4, -0.2) is 11.9 Å². The van der Waals surface area contributed by atoms with E-state index in [9.17, 15) is 18.0 Å². The Kier molecular flexibility index (Phi) is 5.15. The Morgan fingerprint density at radius 3 is 2.67 bits per heavy atom. The van der Waals surface area contributed by atoms with Crippen molar-refractivity contribution in [1.82, 2.24) is 5.43 Å². The summed E-state index contributed by atoms with van der Waals surface area (Å²) in [5.41, 5.74) is 6.21. The fourth-order valence-electron chi connectivity index (χ4n) is 3.72. The van der Waals surface area contributed by atoms with Crippen molar-refractivity contribution in [3.8, 4) is 0 Å². The van der Waals surface area contributed by atoms with Gasteiger partial charge in [0.05, 0.1) is 29.6 Å². The van der Waals surface area contributed by atoms with Crippen molar-refractivity contribution in [1.29, 1.82) is 0 Å². The Hall–Kier alpha value is -3.42. The molecule has 4 rings (SSSR count). The van der Waals surface area contributed by atoms with Crippen LogP contribution in [0, 0.1) is 0 Å². The predicted octanol–water partition coefficient (Wildman–Crippen LogP) is 5.01. The van der Waals surface area contributed by atoms with Crippen LogP contribution in [0.4, 0.5) is 24.5 Å². The molecule has 0 fully saturated rings. The molecule has 1 aliphatic heterocycles. The maximum atomic E-state index is 13.1. The zero-order chi connectivity index (χ0) is 21.3. The Morgan fingerprint density at radius 2 is 1.87 bits per heavy atom. The fraction of sp³-hybridized carbons (Fsp3) is 0.227. The average molecular weight is 415 g/mol. The van der Waals surface area contributed by atoms with Crippen LogP contribution >= 0.6 is 0 Å². The molecule has 2 N–H and O–H groups in total. The van der Waals surface area contributed by atoms with Crippen LogP contribution < -0.4 is 15.8 Å². The van der Waals surface area contributed by atoms with E-state index < -0.39 is 17.6 Å². The van der Waals surface area contributed by atoms with E-state index in [0.29, 0.717) is 12.3 Å². The normalized spacial score (nSPS) is 15.7. The van der Waals surface area contributed by atoms with Gasteiger partial charge in [-0.1, -0.05) is 30.3 Å². The second-order valence-corrected chi connectivity index (χ2v) is 7.19. The molecule has 1 aliphatic rings. The third-order valence-corrected chi connectivity index (χ3v) is 5.20. The lowest BCUT2D eigenvalue weighted by Crippen LogP contribution is -2.33. The highest BCUT2D eigenvalue weighted by Gasteiger charge is 2.33. The van der Waals surface area contributed by atoms with E-state index in [1.165, 1.54) is 36.1 Å². The van der Waals surface area contributed by atoms with E-state index in [2.05, 4.69) is 28.7 Å². The van der Waals surface area contributed by atoms with Gasteiger partial charge in [0.1, 0.15) is 5.76 Å². The molecule has 1 unspecified atom stereocenters. The third kappa shape index (κ3) is 3.85. The molecular formula is C22H20F3N3O2. The van der Waals surface area contributed by atoms with Crippen molar-refractivity contribution in [3.05, 3.63) is 83.3 Å². The standard InChI is InChI=1S/C22H20F3N3O2/c1-14-12-15-6-2-5-9-19(15)28(14)13-20-16(10-11-30-20)21(29)27-26-18-8-4-3-7-17(18)22(23,24)25/h2-11,14,26H,12-13H2,1H3,(H,27,29). The van der Waals surface area contributed by atoms with Gasteiger partial charge in [-0.05, 0) is 43.2 Å². The van der Waals surface area contributed by atoms with Gasteiger partial charge in [-0.3, -0.25) is 15.6 Å². The van der Waals surface area contributed by atoms with Crippen LogP contribution in [-0.2, 0) is 19.1 Å². The molecule has 8 heteroatoms. The number of hydrazine groups is 1. The number of fused-ring (bicyclic) bond motifs is 1. The predicted molar refractivity (Wildman–Crippen MR) is 107 cm³/mol. The number of nitrogens with zero attached hydrogens (tertiary/aromatic N) is 1. The SMILES string of the molecule is CC1Cc2ccccc2N1Cc1occc1C(=O)NNc1ccccc1C(F)(F)F. The van der Waals surface area contributed by atoms with Gasteiger partial charge in [0.15, 0.2) is 0 Å². The number of carbonyl (C=O) groups is 1. The molecule has 1 amide bonds. The summed E-state index contributed by atoms with van der Waals surface area (Å²) in [7, 11) is 0. The molecule has 1 aromatic heterocycles. The molecule has 30 heavy (non-hydrogen) atoms. The van der Waals surface area contributed by atoms with Gasteiger partial charge in [-0.2, -0.15) is 13.2 Å². The van der Waals surface area contributed by atoms with E-state index >= 15 is 0 Å². The van der Waals surface area contributed by atoms with Gasteiger partial charge in [0, 0.05) is 11.7 Å². The fourth-order valence-corrected chi connectivity index (χ4v) is 3.72. The van der Waals surface area contributed by atoms with Crippen molar-refractivity contribution in [3.63, 3.8) is 0 Å². The van der Waals surface area contributed by atoms with Crippen molar-refractivity contribution >= 4 is 17.3 Å². The molecule has 0 saturated heterocycles. The van der Waals surface area contributed by atoms with Crippen molar-refractivity contribution in [2.75, 3.05) is 10.3 Å². The number of benzene rings is 2. The molecule has 1 atom stereocenters. The molecule has 5 nitrogen and oxygen atoms in total. The first-order chi connectivity index (χ1) is 14.3. The molecule has 2 heterocycles. The number of hydrogen-bond acceptors (Lipinski definition) is 4. The number of alkyl halides is 3. The van der Waals surface area contributed by atoms with Gasteiger partial charge in [-0.15, -0.1) is 0 Å². The van der Waals surface area contributed by atoms with Crippen LogP contribution in [0.15, 0.2) is 65.3 Å². The topological polar surface area (TPSA) is 57.5 Å². The summed E-state index contributed by atoms with van der Waals surface area (Å²) in [6.45, 7) is 2.48. The van der Waals surface area contributed by atoms with Gasteiger partial charge in [0.25, 0.3) is 5.91 Å². The number of furan rings is 1. The quantitative estimate of drug-likeness (QED) is 0.576. The van der Waals surface area contributed by atoms with Gasteiger partial charge in [0.2, 0.25) is 0 Å². The zero-order valence-electron chi connectivity index (χ0n) is 16.2. The summed E-state index contributed by atoms with van der Waals surface area (Å²) < 4.78 is 44.9. The molecule has 3 aromatic rings. The molecule has 0 radical (unpaired) electrons. The maximum Gasteiger partial charge on any atom is 0.418 e. The minimum absolute atomic E-state index is 0.231. The van der Waals surface area contributed by atoms with E-state index in [1.54, 1.807) is 0 Å². The summed E-state index contributed by atoms with van der Waals surface area (Å²) in [6, 6.07) is 14.7. The smallest absolute Gasteiger partial charge is 0.418 e. The second kappa shape index (κ2) is 7.78. The number of nitrogens with one attached hydrogen (secondary N) is 2. The summed E-state index contributed by atoms with van der Waals surface area (Å²) in [5, 5.41) is 0. The van der Waals surface area contributed by atoms with Crippen LogP contribution in [0.1, 0.15) is 34.2 Å². The monoisotopic (exact) mass is 415 g/mol. The minimum atomic E-state index is -4.53. The molecule has 2 aromatic carbocycles. The van der Waals surface area contributed by atoms with E-state index in [-0.39, 0.29) is 17.3 Å². The zero-order valence-corrected chi connectivity index (χ0v) is 16.2. The minimum Gasteiger partial charge on any atom is -0.467 e. The number of anilines is 2. The third-order valence-electron chi connectivity index (χ3n) is 5.20. The second-order valence-electron chi connectivity index (χ2n) is 7.19. The van der Waals surface area contributed by atoms with Gasteiger partial charge < -0.3 is 9.32 Å². The molecule has 156 valence electrons. The highest BCUT2D eigenvalue weighted by Crippen LogP contribution is 2.35. The van der Waals surface area contributed by atoms with E-state index in [0.717, 1.165) is 18.2 Å². The average Bonchev–Trinajstić information content (AvgIpc) is 3.30. The maximum absolute atomic E-state index is 13.1. The lowest BCUT2D eigenvalue weighted by Gasteiger charge is -2.24. The van der Waals surface area contributed by atoms with Gasteiger partial charge in [-0.25, -0.2) is 0 Å². The van der Waals surface area contributed by atoms with Crippen LogP contribution in [0.3, 0.4) is 0 Å². The summed E-state index contributed by atoms with van der Waals surface area (Å²) in [4.78, 5) is 14.8. The van der Waals surface area contributed by atoms with Crippen LogP contribution in [0.25, 0.3) is 0 Å². The number of hydrogen-bond donors (Lipinski definition) is 2. The Morgan fingerprint density at radius 1 is 1.13 bits per heavy atom. The molecule has 0 spiro atoms. The first-order valence-electron chi connectivity index (χ1n) is 9.48. The number of carbonyl (C=O) groups excluding carboxylic acids is 1. The lowest BCUT2D eigenvalue weighted by atomic mass is 10.1. The van der Waals surface area contributed by atoms with Crippen molar-refractivity contribution in [2.45, 2.75) is 32.1 Å². The Labute approximate surface area is 171 Å². The molecular weight excluding hydrogens is 395 g/mol. The van der Waals surface area contributed by atoms with Crippen molar-refractivity contribution in [2.24, 2.45) is 0 Å². The molecule has 0 bridgehead atoms. The Bertz CT molecular complexity index is 1060. The Balaban J connectivity index is 1.49. The lowest BCUT2D eigenvalue weighted by molar-refractivity contribution is -0.137. The first kappa shape index (κ1) is 19.9. The number of para-hydroxylation sites is 2. The highest BCUT2D eigenvalue weighted by atomic mass is 19.4. The number of rotatable bonds is 5. The first-order valence-corrected chi connectivity index (χ1v) is 9.48. The number of halogens is 3.